The summed E-state index contributed by atoms with van der Waals surface area (Å²) in [6, 6.07) is 4.72. The van der Waals surface area contributed by atoms with Gasteiger partial charge in [0.25, 0.3) is 0 Å². The van der Waals surface area contributed by atoms with Gasteiger partial charge in [-0.1, -0.05) is 12.1 Å². The number of rotatable bonds is 6. The van der Waals surface area contributed by atoms with Gasteiger partial charge in [0.1, 0.15) is 18.5 Å². The number of benzene rings is 1. The summed E-state index contributed by atoms with van der Waals surface area (Å²) in [5, 5.41) is 10.4. The molecule has 1 aliphatic rings. The molecule has 1 aromatic carbocycles. The van der Waals surface area contributed by atoms with Crippen LogP contribution in [0.2, 0.25) is 0 Å². The van der Waals surface area contributed by atoms with Crippen LogP contribution in [-0.4, -0.2) is 51.9 Å². The summed E-state index contributed by atoms with van der Waals surface area (Å²) < 4.78 is 8.14. The first-order chi connectivity index (χ1) is 12.0. The van der Waals surface area contributed by atoms with E-state index in [9.17, 15) is 5.11 Å². The molecule has 136 valence electrons. The van der Waals surface area contributed by atoms with Gasteiger partial charge < -0.3 is 19.3 Å². The van der Waals surface area contributed by atoms with Gasteiger partial charge in [-0.25, -0.2) is 4.98 Å². The van der Waals surface area contributed by atoms with E-state index in [1.165, 1.54) is 5.56 Å². The van der Waals surface area contributed by atoms with Crippen LogP contribution in [0.15, 0.2) is 30.9 Å². The molecule has 25 heavy (non-hydrogen) atoms. The van der Waals surface area contributed by atoms with E-state index in [1.807, 2.05) is 18.7 Å². The van der Waals surface area contributed by atoms with E-state index in [4.69, 9.17) is 4.74 Å². The van der Waals surface area contributed by atoms with Gasteiger partial charge in [0.2, 0.25) is 0 Å². The predicted octanol–water partition coefficient (Wildman–Crippen LogP) is 2.89. The summed E-state index contributed by atoms with van der Waals surface area (Å²) in [4.78, 5) is 6.46. The topological polar surface area (TPSA) is 50.5 Å². The van der Waals surface area contributed by atoms with Gasteiger partial charge in [-0.15, -0.1) is 0 Å². The number of likely N-dealkylation sites (tertiary alicyclic amines) is 1. The Morgan fingerprint density at radius 1 is 1.20 bits per heavy atom. The Balaban J connectivity index is 1.46. The summed E-state index contributed by atoms with van der Waals surface area (Å²) in [5.41, 5.74) is 3.50. The largest absolute Gasteiger partial charge is 0.490 e. The lowest BCUT2D eigenvalue weighted by Gasteiger charge is -2.33. The highest BCUT2D eigenvalue weighted by molar-refractivity contribution is 5.44. The standard InChI is InChI=1S/C20H29N3O2/c1-15-4-5-16(2)20(17(15)3)25-13-19(24)12-22-9-6-18(7-10-22)23-11-8-21-14-23/h4-5,8,11,14,18-19,24H,6-7,9-10,12-13H2,1-3H3. The number of imidazole rings is 1. The zero-order valence-corrected chi connectivity index (χ0v) is 15.5. The van der Waals surface area contributed by atoms with Crippen LogP contribution in [0.1, 0.15) is 35.6 Å². The molecule has 1 unspecified atom stereocenters. The summed E-state index contributed by atoms with van der Waals surface area (Å²) in [6.07, 6.45) is 7.50. The lowest BCUT2D eigenvalue weighted by Crippen LogP contribution is -2.41. The highest BCUT2D eigenvalue weighted by atomic mass is 16.5. The Bertz CT molecular complexity index is 676. The molecule has 0 spiro atoms. The van der Waals surface area contributed by atoms with Crippen molar-refractivity contribution in [3.05, 3.63) is 47.5 Å². The van der Waals surface area contributed by atoms with Crippen LogP contribution < -0.4 is 4.74 Å². The van der Waals surface area contributed by atoms with E-state index in [0.717, 1.165) is 42.8 Å². The second kappa shape index (κ2) is 8.02. The van der Waals surface area contributed by atoms with Gasteiger partial charge in [0, 0.05) is 38.1 Å². The lowest BCUT2D eigenvalue weighted by molar-refractivity contribution is 0.0554. The molecule has 1 saturated heterocycles. The van der Waals surface area contributed by atoms with E-state index in [1.54, 1.807) is 0 Å². The molecule has 5 heteroatoms. The van der Waals surface area contributed by atoms with E-state index in [2.05, 4.69) is 47.4 Å². The second-order valence-electron chi connectivity index (χ2n) is 7.16. The highest BCUT2D eigenvalue weighted by Gasteiger charge is 2.22. The minimum absolute atomic E-state index is 0.340. The second-order valence-corrected chi connectivity index (χ2v) is 7.16. The quantitative estimate of drug-likeness (QED) is 0.876. The van der Waals surface area contributed by atoms with Gasteiger partial charge in [-0.2, -0.15) is 0 Å². The van der Waals surface area contributed by atoms with Crippen molar-refractivity contribution < 1.29 is 9.84 Å². The van der Waals surface area contributed by atoms with Crippen molar-refractivity contribution >= 4 is 0 Å². The first-order valence-corrected chi connectivity index (χ1v) is 9.12. The fourth-order valence-electron chi connectivity index (χ4n) is 3.56. The molecule has 2 aromatic rings. The van der Waals surface area contributed by atoms with Gasteiger partial charge in [0.15, 0.2) is 0 Å². The number of hydrogen-bond donors (Lipinski definition) is 1. The third-order valence-electron chi connectivity index (χ3n) is 5.27. The number of ether oxygens (including phenoxy) is 1. The third kappa shape index (κ3) is 4.41. The van der Waals surface area contributed by atoms with Crippen molar-refractivity contribution in [1.29, 1.82) is 0 Å². The summed E-state index contributed by atoms with van der Waals surface area (Å²) in [6.45, 7) is 9.22. The summed E-state index contributed by atoms with van der Waals surface area (Å²) >= 11 is 0. The zero-order chi connectivity index (χ0) is 17.8. The molecule has 1 fully saturated rings. The van der Waals surface area contributed by atoms with E-state index >= 15 is 0 Å². The van der Waals surface area contributed by atoms with Gasteiger partial charge in [0.05, 0.1) is 6.33 Å². The first-order valence-electron chi connectivity index (χ1n) is 9.12. The SMILES string of the molecule is Cc1ccc(C)c(OCC(O)CN2CCC(n3ccnc3)CC2)c1C. The average molecular weight is 343 g/mol. The van der Waals surface area contributed by atoms with Crippen LogP contribution in [-0.2, 0) is 0 Å². The molecule has 1 aliphatic heterocycles. The number of aliphatic hydroxyl groups excluding tert-OH is 1. The van der Waals surface area contributed by atoms with Crippen molar-refractivity contribution in [2.24, 2.45) is 0 Å². The average Bonchev–Trinajstić information content (AvgIpc) is 3.13. The predicted molar refractivity (Wildman–Crippen MR) is 99.1 cm³/mol. The number of nitrogens with zero attached hydrogens (tertiary/aromatic N) is 3. The molecule has 5 nitrogen and oxygen atoms in total. The lowest BCUT2D eigenvalue weighted by atomic mass is 10.0. The fourth-order valence-corrected chi connectivity index (χ4v) is 3.56. The number of piperidine rings is 1. The highest BCUT2D eigenvalue weighted by Crippen LogP contribution is 2.26. The maximum absolute atomic E-state index is 10.4. The monoisotopic (exact) mass is 343 g/mol. The number of aryl methyl sites for hydroxylation is 2. The molecular formula is C20H29N3O2. The molecule has 3 rings (SSSR count). The zero-order valence-electron chi connectivity index (χ0n) is 15.5. The van der Waals surface area contributed by atoms with Crippen molar-refractivity contribution in [2.75, 3.05) is 26.2 Å². The molecule has 0 amide bonds. The van der Waals surface area contributed by atoms with E-state index in [-0.39, 0.29) is 0 Å². The smallest absolute Gasteiger partial charge is 0.125 e. The fraction of sp³-hybridized carbons (Fsp3) is 0.550. The Kier molecular flexibility index (Phi) is 5.76. The molecule has 0 aliphatic carbocycles. The van der Waals surface area contributed by atoms with Crippen molar-refractivity contribution in [3.63, 3.8) is 0 Å². The van der Waals surface area contributed by atoms with Crippen molar-refractivity contribution in [3.8, 4) is 5.75 Å². The Morgan fingerprint density at radius 3 is 2.60 bits per heavy atom. The van der Waals surface area contributed by atoms with Crippen LogP contribution in [0.4, 0.5) is 0 Å². The Hall–Kier alpha value is -1.85. The Labute approximate surface area is 150 Å². The maximum Gasteiger partial charge on any atom is 0.125 e. The minimum Gasteiger partial charge on any atom is -0.490 e. The number of aromatic nitrogens is 2. The number of β-amino-alcohol motifs (C(OH)–C–C–N with tert-alkyl or cyclic N) is 1. The molecule has 0 saturated carbocycles. The number of hydrogen-bond acceptors (Lipinski definition) is 4. The molecule has 0 bridgehead atoms. The Morgan fingerprint density at radius 2 is 1.92 bits per heavy atom. The van der Waals surface area contributed by atoms with Gasteiger partial charge >= 0.3 is 0 Å². The number of aliphatic hydroxyl groups is 1. The molecular weight excluding hydrogens is 314 g/mol. The normalized spacial score (nSPS) is 17.6. The van der Waals surface area contributed by atoms with E-state index in [0.29, 0.717) is 19.2 Å². The molecule has 1 aromatic heterocycles. The van der Waals surface area contributed by atoms with Gasteiger partial charge in [-0.05, 0) is 50.3 Å². The van der Waals surface area contributed by atoms with Crippen LogP contribution >= 0.6 is 0 Å². The van der Waals surface area contributed by atoms with Crippen molar-refractivity contribution in [1.82, 2.24) is 14.5 Å². The molecule has 1 atom stereocenters. The molecule has 0 radical (unpaired) electrons. The van der Waals surface area contributed by atoms with Gasteiger partial charge in [-0.3, -0.25) is 0 Å². The third-order valence-corrected chi connectivity index (χ3v) is 5.27. The van der Waals surface area contributed by atoms with Crippen LogP contribution in [0.3, 0.4) is 0 Å². The van der Waals surface area contributed by atoms with Crippen molar-refractivity contribution in [2.45, 2.75) is 45.8 Å². The molecule has 1 N–H and O–H groups in total. The summed E-state index contributed by atoms with van der Waals surface area (Å²) in [7, 11) is 0. The van der Waals surface area contributed by atoms with Crippen LogP contribution in [0, 0.1) is 20.8 Å². The molecule has 2 heterocycles. The van der Waals surface area contributed by atoms with E-state index < -0.39 is 6.10 Å². The summed E-state index contributed by atoms with van der Waals surface area (Å²) in [5.74, 6) is 0.915. The maximum atomic E-state index is 10.4. The van der Waals surface area contributed by atoms with Crippen LogP contribution in [0.25, 0.3) is 0 Å². The first kappa shape index (κ1) is 18.0. The minimum atomic E-state index is -0.468. The van der Waals surface area contributed by atoms with Crippen LogP contribution in [0.5, 0.6) is 5.75 Å².